The van der Waals surface area contributed by atoms with Crippen molar-refractivity contribution >= 4 is 28.6 Å². The van der Waals surface area contributed by atoms with Gasteiger partial charge in [-0.25, -0.2) is 0 Å². The summed E-state index contributed by atoms with van der Waals surface area (Å²) in [5.41, 5.74) is 5.96. The molecule has 0 spiro atoms. The lowest BCUT2D eigenvalue weighted by Crippen LogP contribution is -1.91. The van der Waals surface area contributed by atoms with Crippen molar-refractivity contribution in [3.63, 3.8) is 0 Å². The normalized spacial score (nSPS) is 10.8. The molecule has 0 radical (unpaired) electrons. The van der Waals surface area contributed by atoms with E-state index in [0.29, 0.717) is 0 Å². The van der Waals surface area contributed by atoms with E-state index in [2.05, 4.69) is 75.0 Å². The smallest absolute Gasteiger partial charge is 0.0494 e. The van der Waals surface area contributed by atoms with Crippen LogP contribution in [-0.2, 0) is 7.05 Å². The molecule has 1 nitrogen and oxygen atoms in total. The maximum atomic E-state index is 3.93. The number of allylic oxidation sites excluding steroid dienone is 4. The lowest BCUT2D eigenvalue weighted by molar-refractivity contribution is 0.953. The minimum atomic E-state index is 1.05. The first-order chi connectivity index (χ1) is 12.2. The summed E-state index contributed by atoms with van der Waals surface area (Å²) < 4.78 is 2.18. The molecule has 0 bridgehead atoms. The van der Waals surface area contributed by atoms with Crippen molar-refractivity contribution in [2.24, 2.45) is 7.05 Å². The van der Waals surface area contributed by atoms with Crippen molar-refractivity contribution < 1.29 is 0 Å². The van der Waals surface area contributed by atoms with E-state index in [1.807, 2.05) is 39.8 Å². The number of aromatic nitrogens is 1. The number of fused-ring (bicyclic) bond motifs is 1. The van der Waals surface area contributed by atoms with Gasteiger partial charge >= 0.3 is 0 Å². The summed E-state index contributed by atoms with van der Waals surface area (Å²) in [5, 5.41) is 1.22. The van der Waals surface area contributed by atoms with Crippen LogP contribution < -0.4 is 0 Å². The van der Waals surface area contributed by atoms with Gasteiger partial charge in [0.1, 0.15) is 0 Å². The second-order valence-electron chi connectivity index (χ2n) is 5.05. The summed E-state index contributed by atoms with van der Waals surface area (Å²) in [4.78, 5) is 0. The minimum Gasteiger partial charge on any atom is -0.344 e. The van der Waals surface area contributed by atoms with Crippen LogP contribution in [0.15, 0.2) is 49.6 Å². The van der Waals surface area contributed by atoms with Crippen LogP contribution in [0, 0.1) is 0 Å². The standard InChI is InChI=1S/C20H23N.2C2H6/c1-6-10-11-15(7-2)16-12-13-18-17(8-3)19(9-4)21(5)20(18)14-16;2*1-2/h7-14H,3-4,6H2,1-2,5H3;2*1-2H3/b11-10-,15-7+;;. The second kappa shape index (κ2) is 12.1. The van der Waals surface area contributed by atoms with Gasteiger partial charge in [0.05, 0.1) is 0 Å². The first kappa shape index (κ1) is 22.7. The molecule has 0 saturated heterocycles. The van der Waals surface area contributed by atoms with Gasteiger partial charge in [0.25, 0.3) is 0 Å². The van der Waals surface area contributed by atoms with Crippen LogP contribution in [0.5, 0.6) is 0 Å². The second-order valence-corrected chi connectivity index (χ2v) is 5.05. The van der Waals surface area contributed by atoms with E-state index in [-0.39, 0.29) is 0 Å². The van der Waals surface area contributed by atoms with Gasteiger partial charge < -0.3 is 4.57 Å². The van der Waals surface area contributed by atoms with Gasteiger partial charge in [0.15, 0.2) is 0 Å². The lowest BCUT2D eigenvalue weighted by atomic mass is 10.0. The molecule has 0 saturated carbocycles. The van der Waals surface area contributed by atoms with E-state index in [1.165, 1.54) is 22.0 Å². The first-order valence-corrected chi connectivity index (χ1v) is 9.38. The van der Waals surface area contributed by atoms with Gasteiger partial charge in [-0.1, -0.05) is 84.2 Å². The van der Waals surface area contributed by atoms with Gasteiger partial charge in [-0.2, -0.15) is 0 Å². The number of benzene rings is 1. The molecule has 136 valence electrons. The highest BCUT2D eigenvalue weighted by Gasteiger charge is 2.11. The number of nitrogens with zero attached hydrogens (tertiary/aromatic N) is 1. The van der Waals surface area contributed by atoms with Crippen molar-refractivity contribution in [1.82, 2.24) is 4.57 Å². The van der Waals surface area contributed by atoms with Crippen LogP contribution in [0.4, 0.5) is 0 Å². The van der Waals surface area contributed by atoms with Crippen LogP contribution in [-0.4, -0.2) is 4.57 Å². The van der Waals surface area contributed by atoms with E-state index >= 15 is 0 Å². The summed E-state index contributed by atoms with van der Waals surface area (Å²) in [6.45, 7) is 20.1. The molecular weight excluding hydrogens is 302 g/mol. The zero-order valence-corrected chi connectivity index (χ0v) is 17.2. The lowest BCUT2D eigenvalue weighted by Gasteiger charge is -2.05. The Balaban J connectivity index is 0.00000134. The predicted molar refractivity (Wildman–Crippen MR) is 119 cm³/mol. The molecule has 0 amide bonds. The number of rotatable bonds is 5. The maximum absolute atomic E-state index is 3.93. The molecular formula is C24H35N. The number of aryl methyl sites for hydroxylation is 1. The van der Waals surface area contributed by atoms with Gasteiger partial charge in [-0.15, -0.1) is 0 Å². The largest absolute Gasteiger partial charge is 0.344 e. The predicted octanol–water partition coefficient (Wildman–Crippen LogP) is 7.89. The molecule has 1 heterocycles. The van der Waals surface area contributed by atoms with Gasteiger partial charge in [-0.05, 0) is 36.6 Å². The fourth-order valence-electron chi connectivity index (χ4n) is 2.73. The third-order valence-corrected chi connectivity index (χ3v) is 3.86. The third-order valence-electron chi connectivity index (χ3n) is 3.86. The zero-order valence-electron chi connectivity index (χ0n) is 17.2. The highest BCUT2D eigenvalue weighted by atomic mass is 14.9. The Morgan fingerprint density at radius 2 is 1.72 bits per heavy atom. The van der Waals surface area contributed by atoms with Gasteiger partial charge in [0.2, 0.25) is 0 Å². The number of hydrogen-bond donors (Lipinski definition) is 0. The fourth-order valence-corrected chi connectivity index (χ4v) is 2.73. The van der Waals surface area contributed by atoms with Crippen molar-refractivity contribution in [1.29, 1.82) is 0 Å². The average Bonchev–Trinajstić information content (AvgIpc) is 2.96. The molecule has 1 aromatic carbocycles. The molecule has 0 aliphatic carbocycles. The molecule has 0 aliphatic rings. The molecule has 0 aliphatic heterocycles. The Bertz CT molecular complexity index is 739. The molecule has 0 unspecified atom stereocenters. The monoisotopic (exact) mass is 337 g/mol. The molecule has 25 heavy (non-hydrogen) atoms. The van der Waals surface area contributed by atoms with E-state index in [9.17, 15) is 0 Å². The van der Waals surface area contributed by atoms with E-state index in [4.69, 9.17) is 0 Å². The SMILES string of the molecule is C=Cc1c(C=C)n(C)c2cc(C(/C=C\CC)=C/C)ccc12.CC.CC. The average molecular weight is 338 g/mol. The van der Waals surface area contributed by atoms with Gasteiger partial charge in [-0.3, -0.25) is 0 Å². The van der Waals surface area contributed by atoms with Crippen molar-refractivity contribution in [2.45, 2.75) is 48.0 Å². The molecule has 0 atom stereocenters. The Morgan fingerprint density at radius 1 is 1.08 bits per heavy atom. The fraction of sp³-hybridized carbons (Fsp3) is 0.333. The third kappa shape index (κ3) is 5.09. The highest BCUT2D eigenvalue weighted by Crippen LogP contribution is 2.30. The minimum absolute atomic E-state index is 1.05. The maximum Gasteiger partial charge on any atom is 0.0494 e. The summed E-state index contributed by atoms with van der Waals surface area (Å²) in [5.74, 6) is 0. The number of hydrogen-bond acceptors (Lipinski definition) is 0. The molecule has 2 aromatic rings. The van der Waals surface area contributed by atoms with E-state index in [1.54, 1.807) is 0 Å². The summed E-state index contributed by atoms with van der Waals surface area (Å²) in [6, 6.07) is 6.60. The Kier molecular flexibility index (Phi) is 11.0. The molecule has 1 aromatic heterocycles. The zero-order chi connectivity index (χ0) is 19.4. The van der Waals surface area contributed by atoms with E-state index < -0.39 is 0 Å². The molecule has 2 rings (SSSR count). The highest BCUT2D eigenvalue weighted by molar-refractivity contribution is 5.95. The summed E-state index contributed by atoms with van der Waals surface area (Å²) in [7, 11) is 2.08. The van der Waals surface area contributed by atoms with E-state index in [0.717, 1.165) is 17.7 Å². The topological polar surface area (TPSA) is 4.93 Å². The first-order valence-electron chi connectivity index (χ1n) is 9.38. The van der Waals surface area contributed by atoms with Crippen LogP contribution in [0.25, 0.3) is 28.6 Å². The van der Waals surface area contributed by atoms with Crippen molar-refractivity contribution in [3.8, 4) is 0 Å². The molecule has 0 fully saturated rings. The van der Waals surface area contributed by atoms with Crippen LogP contribution in [0.1, 0.15) is 64.8 Å². The van der Waals surface area contributed by atoms with Crippen LogP contribution in [0.2, 0.25) is 0 Å². The summed E-state index contributed by atoms with van der Waals surface area (Å²) >= 11 is 0. The van der Waals surface area contributed by atoms with Crippen molar-refractivity contribution in [2.75, 3.05) is 0 Å². The van der Waals surface area contributed by atoms with Gasteiger partial charge in [0, 0.05) is 29.2 Å². The van der Waals surface area contributed by atoms with Crippen molar-refractivity contribution in [3.05, 3.63) is 66.4 Å². The molecule has 1 heteroatoms. The van der Waals surface area contributed by atoms with Crippen LogP contribution >= 0.6 is 0 Å². The molecule has 0 N–H and O–H groups in total. The quantitative estimate of drug-likeness (QED) is 0.489. The Morgan fingerprint density at radius 3 is 2.20 bits per heavy atom. The Hall–Kier alpha value is -2.28. The Labute approximate surface area is 155 Å². The van der Waals surface area contributed by atoms with Crippen LogP contribution in [0.3, 0.4) is 0 Å². The summed E-state index contributed by atoms with van der Waals surface area (Å²) in [6.07, 6.45) is 11.4.